The Balaban J connectivity index is 2.10. The van der Waals surface area contributed by atoms with Crippen LogP contribution in [-0.4, -0.2) is 29.4 Å². The SMILES string of the molecule is O=[N+]([O-])c1c(Br)nn(CCCn2nc(Br)c([N+](=O)[O-])c2Br)c1Br. The van der Waals surface area contributed by atoms with Crippen molar-refractivity contribution in [2.24, 2.45) is 0 Å². The summed E-state index contributed by atoms with van der Waals surface area (Å²) in [5, 5.41) is 29.8. The second kappa shape index (κ2) is 7.36. The Labute approximate surface area is 162 Å². The monoisotopic (exact) mass is 578 g/mol. The van der Waals surface area contributed by atoms with Crippen molar-refractivity contribution in [1.29, 1.82) is 0 Å². The van der Waals surface area contributed by atoms with Crippen molar-refractivity contribution < 1.29 is 9.85 Å². The molecule has 0 aliphatic carbocycles. The molecule has 0 saturated heterocycles. The van der Waals surface area contributed by atoms with Crippen molar-refractivity contribution in [3.63, 3.8) is 0 Å². The van der Waals surface area contributed by atoms with E-state index in [1.165, 1.54) is 9.36 Å². The van der Waals surface area contributed by atoms with Crippen molar-refractivity contribution in [3.8, 4) is 0 Å². The molecule has 23 heavy (non-hydrogen) atoms. The first kappa shape index (κ1) is 18.5. The second-order valence-electron chi connectivity index (χ2n) is 4.17. The highest BCUT2D eigenvalue weighted by Gasteiger charge is 2.26. The van der Waals surface area contributed by atoms with Crippen molar-refractivity contribution in [2.75, 3.05) is 0 Å². The zero-order valence-electron chi connectivity index (χ0n) is 10.9. The average molecular weight is 582 g/mol. The van der Waals surface area contributed by atoms with E-state index in [1.807, 2.05) is 0 Å². The molecule has 0 saturated carbocycles. The van der Waals surface area contributed by atoms with E-state index in [-0.39, 0.29) is 29.8 Å². The molecule has 0 amide bonds. The number of rotatable bonds is 6. The molecule has 0 radical (unpaired) electrons. The maximum Gasteiger partial charge on any atom is 0.335 e. The lowest BCUT2D eigenvalue weighted by molar-refractivity contribution is -0.386. The minimum absolute atomic E-state index is 0.132. The third kappa shape index (κ3) is 3.80. The summed E-state index contributed by atoms with van der Waals surface area (Å²) in [6, 6.07) is 0. The molecule has 2 heterocycles. The van der Waals surface area contributed by atoms with Gasteiger partial charge in [0.2, 0.25) is 9.21 Å². The molecule has 2 rings (SSSR count). The molecule has 0 fully saturated rings. The first-order valence-electron chi connectivity index (χ1n) is 5.86. The number of aromatic nitrogens is 4. The van der Waals surface area contributed by atoms with Gasteiger partial charge in [-0.2, -0.15) is 10.2 Å². The van der Waals surface area contributed by atoms with Crippen molar-refractivity contribution >= 4 is 75.1 Å². The van der Waals surface area contributed by atoms with Crippen LogP contribution in [0.3, 0.4) is 0 Å². The van der Waals surface area contributed by atoms with E-state index >= 15 is 0 Å². The van der Waals surface area contributed by atoms with Crippen LogP contribution in [0.15, 0.2) is 18.4 Å². The van der Waals surface area contributed by atoms with Crippen LogP contribution >= 0.6 is 63.7 Å². The summed E-state index contributed by atoms with van der Waals surface area (Å²) in [4.78, 5) is 20.7. The molecule has 2 aromatic heterocycles. The van der Waals surface area contributed by atoms with Gasteiger partial charge in [-0.3, -0.25) is 29.6 Å². The molecular formula is C9H6Br4N6O4. The van der Waals surface area contributed by atoms with Gasteiger partial charge < -0.3 is 0 Å². The van der Waals surface area contributed by atoms with Crippen LogP contribution < -0.4 is 0 Å². The second-order valence-corrected chi connectivity index (χ2v) is 7.18. The van der Waals surface area contributed by atoms with E-state index < -0.39 is 9.85 Å². The van der Waals surface area contributed by atoms with E-state index in [0.29, 0.717) is 19.5 Å². The zero-order chi connectivity index (χ0) is 17.3. The maximum absolute atomic E-state index is 10.9. The molecule has 0 spiro atoms. The van der Waals surface area contributed by atoms with Crippen LogP contribution in [0.5, 0.6) is 0 Å². The van der Waals surface area contributed by atoms with E-state index in [0.717, 1.165) is 0 Å². The highest BCUT2D eigenvalue weighted by molar-refractivity contribution is 9.11. The van der Waals surface area contributed by atoms with Gasteiger partial charge in [-0.15, -0.1) is 0 Å². The lowest BCUT2D eigenvalue weighted by Gasteiger charge is -2.04. The summed E-state index contributed by atoms with van der Waals surface area (Å²) in [5.41, 5.74) is -0.299. The molecule has 0 aliphatic heterocycles. The molecule has 124 valence electrons. The van der Waals surface area contributed by atoms with E-state index in [1.54, 1.807) is 0 Å². The van der Waals surface area contributed by atoms with Gasteiger partial charge >= 0.3 is 11.4 Å². The molecule has 0 bridgehead atoms. The van der Waals surface area contributed by atoms with Crippen LogP contribution in [0.25, 0.3) is 0 Å². The molecule has 14 heteroatoms. The van der Waals surface area contributed by atoms with Gasteiger partial charge in [0.15, 0.2) is 9.21 Å². The quantitative estimate of drug-likeness (QED) is 0.375. The summed E-state index contributed by atoms with van der Waals surface area (Å²) in [5.74, 6) is 0. The number of hydrogen-bond donors (Lipinski definition) is 0. The fraction of sp³-hybridized carbons (Fsp3) is 0.333. The summed E-state index contributed by atoms with van der Waals surface area (Å²) < 4.78 is 3.63. The Morgan fingerprint density at radius 3 is 1.43 bits per heavy atom. The summed E-state index contributed by atoms with van der Waals surface area (Å²) in [7, 11) is 0. The Morgan fingerprint density at radius 2 is 1.17 bits per heavy atom. The van der Waals surface area contributed by atoms with E-state index in [4.69, 9.17) is 0 Å². The topological polar surface area (TPSA) is 122 Å². The van der Waals surface area contributed by atoms with Crippen LogP contribution in [0.2, 0.25) is 0 Å². The normalized spacial score (nSPS) is 11.0. The zero-order valence-corrected chi connectivity index (χ0v) is 17.3. The minimum Gasteiger partial charge on any atom is -0.258 e. The average Bonchev–Trinajstić information content (AvgIpc) is 2.87. The van der Waals surface area contributed by atoms with Crippen molar-refractivity contribution in [3.05, 3.63) is 38.6 Å². The number of halogens is 4. The number of nitro groups is 2. The fourth-order valence-corrected chi connectivity index (χ4v) is 4.54. The Morgan fingerprint density at radius 1 is 0.826 bits per heavy atom. The predicted molar refractivity (Wildman–Crippen MR) is 93.2 cm³/mol. The molecule has 2 aromatic rings. The Kier molecular flexibility index (Phi) is 5.91. The van der Waals surface area contributed by atoms with Gasteiger partial charge in [-0.05, 0) is 70.1 Å². The van der Waals surface area contributed by atoms with Gasteiger partial charge in [0.1, 0.15) is 0 Å². The number of nitrogens with zero attached hydrogens (tertiary/aromatic N) is 6. The van der Waals surface area contributed by atoms with E-state index in [9.17, 15) is 20.2 Å². The molecule has 10 nitrogen and oxygen atoms in total. The van der Waals surface area contributed by atoms with Crippen molar-refractivity contribution in [1.82, 2.24) is 19.6 Å². The van der Waals surface area contributed by atoms with Crippen LogP contribution in [0.1, 0.15) is 6.42 Å². The molecule has 0 atom stereocenters. The molecule has 0 unspecified atom stereocenters. The van der Waals surface area contributed by atoms with Crippen LogP contribution in [0, 0.1) is 20.2 Å². The molecule has 0 aliphatic rings. The maximum atomic E-state index is 10.9. The Hall–Kier alpha value is -0.860. The van der Waals surface area contributed by atoms with Crippen LogP contribution in [-0.2, 0) is 13.1 Å². The lowest BCUT2D eigenvalue weighted by Crippen LogP contribution is -2.07. The molecule has 0 N–H and O–H groups in total. The highest BCUT2D eigenvalue weighted by Crippen LogP contribution is 2.34. The number of hydrogen-bond acceptors (Lipinski definition) is 6. The summed E-state index contributed by atoms with van der Waals surface area (Å²) in [6.07, 6.45) is 0.508. The third-order valence-electron chi connectivity index (χ3n) is 2.76. The molecular weight excluding hydrogens is 576 g/mol. The van der Waals surface area contributed by atoms with E-state index in [2.05, 4.69) is 73.9 Å². The number of aryl methyl sites for hydroxylation is 2. The minimum atomic E-state index is -0.539. The molecule has 0 aromatic carbocycles. The van der Waals surface area contributed by atoms with Crippen molar-refractivity contribution in [2.45, 2.75) is 19.5 Å². The fourth-order valence-electron chi connectivity index (χ4n) is 1.78. The van der Waals surface area contributed by atoms with Gasteiger partial charge in [0, 0.05) is 13.1 Å². The van der Waals surface area contributed by atoms with Crippen LogP contribution in [0.4, 0.5) is 11.4 Å². The summed E-state index contributed by atoms with van der Waals surface area (Å²) in [6.45, 7) is 0.732. The summed E-state index contributed by atoms with van der Waals surface area (Å²) >= 11 is 12.3. The first-order valence-corrected chi connectivity index (χ1v) is 9.03. The first-order chi connectivity index (χ1) is 10.7. The lowest BCUT2D eigenvalue weighted by atomic mass is 10.4. The van der Waals surface area contributed by atoms with Gasteiger partial charge in [-0.1, -0.05) is 0 Å². The predicted octanol–water partition coefficient (Wildman–Crippen LogP) is 4.04. The third-order valence-corrected chi connectivity index (χ3v) is 5.40. The highest BCUT2D eigenvalue weighted by atomic mass is 79.9. The standard InChI is InChI=1S/C9H6Br4N6O4/c10-6-4(18(20)21)8(12)16(14-6)2-1-3-17-9(13)5(19(22)23)7(11)15-17/h1-3H2. The Bertz CT molecular complexity index is 723. The van der Waals surface area contributed by atoms with Gasteiger partial charge in [0.25, 0.3) is 0 Å². The smallest absolute Gasteiger partial charge is 0.258 e. The van der Waals surface area contributed by atoms with Gasteiger partial charge in [-0.25, -0.2) is 0 Å². The largest absolute Gasteiger partial charge is 0.335 e. The van der Waals surface area contributed by atoms with Gasteiger partial charge in [0.05, 0.1) is 9.85 Å².